The standard InChI is InChI=1S/C21H25.C13H10.C10H9S.2ClH.Zr/c1-20(2,3)16-7-9-18-14(12-16)11-15-13-17(21(4,5)6)8-10-19(15)18;1-3-7-12(8-4-1)11-13-9-5-2-6-10-13;1-8-3-2-4-10(8)9-5-6-11-7-9;;;/h7-10,12H,11H2,1-6H3;1-10H;2-7H,1H3;2*1H;/q-1;;-1;;;+2/p-2. The van der Waals surface area contributed by atoms with Crippen molar-refractivity contribution in [3.63, 3.8) is 0 Å². The van der Waals surface area contributed by atoms with Crippen LogP contribution in [0.2, 0.25) is 0 Å². The fourth-order valence-electron chi connectivity index (χ4n) is 5.66. The molecular weight excluding hydrogens is 723 g/mol. The molecule has 0 fully saturated rings. The van der Waals surface area contributed by atoms with E-state index in [9.17, 15) is 0 Å². The summed E-state index contributed by atoms with van der Waals surface area (Å²) in [5.41, 5.74) is 15.4. The summed E-state index contributed by atoms with van der Waals surface area (Å²) < 4.78 is 1.42. The van der Waals surface area contributed by atoms with Crippen LogP contribution in [0, 0.1) is 13.0 Å². The Kier molecular flexibility index (Phi) is 14.3. The second-order valence-electron chi connectivity index (χ2n) is 14.1. The summed E-state index contributed by atoms with van der Waals surface area (Å²) in [5.74, 6) is 0. The molecule has 0 bridgehead atoms. The molecule has 7 rings (SSSR count). The van der Waals surface area contributed by atoms with E-state index in [0.717, 1.165) is 6.42 Å². The topological polar surface area (TPSA) is 0 Å². The first-order valence-corrected chi connectivity index (χ1v) is 18.2. The van der Waals surface area contributed by atoms with Gasteiger partial charge in [0, 0.05) is 0 Å². The summed E-state index contributed by atoms with van der Waals surface area (Å²) in [7, 11) is 0. The Bertz CT molecular complexity index is 1780. The second kappa shape index (κ2) is 17.3. The van der Waals surface area contributed by atoms with E-state index in [0.29, 0.717) is 0 Å². The summed E-state index contributed by atoms with van der Waals surface area (Å²) in [6.07, 6.45) is 1.03. The van der Waals surface area contributed by atoms with Gasteiger partial charge in [0.15, 0.2) is 0 Å². The first-order valence-electron chi connectivity index (χ1n) is 16.1. The van der Waals surface area contributed by atoms with E-state index in [-0.39, 0.29) is 35.6 Å². The number of fused-ring (bicyclic) bond motifs is 3. The zero-order valence-electron chi connectivity index (χ0n) is 29.0. The molecule has 0 spiro atoms. The van der Waals surface area contributed by atoms with Gasteiger partial charge in [-0.25, -0.2) is 11.3 Å². The molecule has 4 heteroatoms. The van der Waals surface area contributed by atoms with Crippen LogP contribution < -0.4 is 24.8 Å². The minimum absolute atomic E-state index is 0. The van der Waals surface area contributed by atoms with Crippen molar-refractivity contribution in [2.75, 3.05) is 0 Å². The SMILES string of the molecule is CC(C)(C)c1[c-]c2c(cc1)-c1ccc(C(C)(C)C)cc1C2.Cc1ccc[c-]1-c1ccsc1.[Cl-].[Cl-].[Zr+2]=[C](c1ccccc1)c1ccccc1. The molecule has 0 saturated carbocycles. The van der Waals surface area contributed by atoms with Crippen LogP contribution in [-0.2, 0) is 41.5 Å². The number of aryl methyl sites for hydroxylation is 1. The third kappa shape index (κ3) is 9.92. The van der Waals surface area contributed by atoms with Gasteiger partial charge in [0.25, 0.3) is 0 Å². The first-order chi connectivity index (χ1) is 21.9. The van der Waals surface area contributed by atoms with Gasteiger partial charge in [-0.3, -0.25) is 0 Å². The van der Waals surface area contributed by atoms with E-state index in [1.54, 1.807) is 11.3 Å². The van der Waals surface area contributed by atoms with E-state index in [2.05, 4.69) is 181 Å². The Morgan fingerprint density at radius 2 is 1.31 bits per heavy atom. The maximum absolute atomic E-state index is 3.67. The molecular formula is C44H44Cl2SZr-2. The van der Waals surface area contributed by atoms with Crippen molar-refractivity contribution in [3.8, 4) is 22.3 Å². The van der Waals surface area contributed by atoms with Crippen molar-refractivity contribution in [2.45, 2.75) is 65.7 Å². The summed E-state index contributed by atoms with van der Waals surface area (Å²) in [6, 6.07) is 44.8. The first kappa shape index (κ1) is 39.7. The molecule has 0 N–H and O–H groups in total. The molecule has 0 unspecified atom stereocenters. The van der Waals surface area contributed by atoms with Crippen molar-refractivity contribution < 1.29 is 49.0 Å². The molecule has 246 valence electrons. The normalized spacial score (nSPS) is 11.4. The van der Waals surface area contributed by atoms with E-state index in [4.69, 9.17) is 0 Å². The van der Waals surface area contributed by atoms with Crippen molar-refractivity contribution >= 4 is 14.5 Å². The van der Waals surface area contributed by atoms with E-state index in [1.165, 1.54) is 88.6 Å². The van der Waals surface area contributed by atoms with Crippen LogP contribution >= 0.6 is 11.3 Å². The molecule has 0 radical (unpaired) electrons. The van der Waals surface area contributed by atoms with Crippen LogP contribution in [0.15, 0.2) is 126 Å². The van der Waals surface area contributed by atoms with Crippen LogP contribution in [0.5, 0.6) is 0 Å². The zero-order valence-corrected chi connectivity index (χ0v) is 33.8. The fraction of sp³-hybridized carbons (Fsp3) is 0.227. The molecule has 48 heavy (non-hydrogen) atoms. The monoisotopic (exact) mass is 764 g/mol. The molecule has 0 atom stereocenters. The quantitative estimate of drug-likeness (QED) is 0.197. The van der Waals surface area contributed by atoms with Crippen LogP contribution in [-0.4, -0.2) is 3.21 Å². The molecule has 1 aliphatic rings. The van der Waals surface area contributed by atoms with Crippen molar-refractivity contribution in [1.29, 1.82) is 0 Å². The molecule has 0 amide bonds. The summed E-state index contributed by atoms with van der Waals surface area (Å²) in [4.78, 5) is 0. The van der Waals surface area contributed by atoms with Gasteiger partial charge in [-0.05, 0) is 28.4 Å². The molecule has 0 saturated heterocycles. The predicted octanol–water partition coefficient (Wildman–Crippen LogP) is 5.91. The van der Waals surface area contributed by atoms with Gasteiger partial charge in [-0.1, -0.05) is 88.6 Å². The van der Waals surface area contributed by atoms with Crippen molar-refractivity contribution in [3.05, 3.63) is 171 Å². The third-order valence-corrected chi connectivity index (χ3v) is 10.6. The van der Waals surface area contributed by atoms with Gasteiger partial charge in [-0.15, -0.1) is 40.5 Å². The summed E-state index contributed by atoms with van der Waals surface area (Å²) in [5, 5.41) is 4.30. The Balaban J connectivity index is 0.000000202. The number of rotatable bonds is 3. The maximum atomic E-state index is 3.67. The van der Waals surface area contributed by atoms with E-state index in [1.807, 2.05) is 0 Å². The Morgan fingerprint density at radius 3 is 1.81 bits per heavy atom. The number of hydrogen-bond acceptors (Lipinski definition) is 1. The van der Waals surface area contributed by atoms with Gasteiger partial charge in [-0.2, -0.15) is 29.8 Å². The molecule has 0 aliphatic heterocycles. The van der Waals surface area contributed by atoms with Gasteiger partial charge >= 0.3 is 99.2 Å². The molecule has 6 aromatic rings. The molecule has 1 aliphatic carbocycles. The van der Waals surface area contributed by atoms with Crippen LogP contribution in [0.1, 0.15) is 80.5 Å². The zero-order chi connectivity index (χ0) is 32.9. The molecule has 5 aromatic carbocycles. The second-order valence-corrected chi connectivity index (χ2v) is 16.1. The fourth-order valence-corrected chi connectivity index (χ4v) is 7.13. The molecule has 0 nitrogen and oxygen atoms in total. The average molecular weight is 767 g/mol. The Labute approximate surface area is 320 Å². The molecule has 1 aromatic heterocycles. The minimum atomic E-state index is 0. The predicted molar refractivity (Wildman–Crippen MR) is 197 cm³/mol. The number of thiophene rings is 1. The van der Waals surface area contributed by atoms with Gasteiger partial charge in [0.1, 0.15) is 0 Å². The Morgan fingerprint density at radius 1 is 0.708 bits per heavy atom. The van der Waals surface area contributed by atoms with Gasteiger partial charge in [0.05, 0.1) is 0 Å². The van der Waals surface area contributed by atoms with Gasteiger partial charge in [0.2, 0.25) is 0 Å². The number of halogens is 2. The van der Waals surface area contributed by atoms with Gasteiger partial charge < -0.3 is 24.8 Å². The Hall–Kier alpha value is -2.74. The van der Waals surface area contributed by atoms with Crippen molar-refractivity contribution in [2.24, 2.45) is 0 Å². The number of hydrogen-bond donors (Lipinski definition) is 0. The van der Waals surface area contributed by atoms with Crippen molar-refractivity contribution in [1.82, 2.24) is 0 Å². The molecule has 1 heterocycles. The summed E-state index contributed by atoms with van der Waals surface area (Å²) in [6.45, 7) is 15.7. The van der Waals surface area contributed by atoms with Crippen LogP contribution in [0.4, 0.5) is 0 Å². The van der Waals surface area contributed by atoms with E-state index >= 15 is 0 Å². The van der Waals surface area contributed by atoms with E-state index < -0.39 is 0 Å². The third-order valence-electron chi connectivity index (χ3n) is 8.46. The number of benzene rings is 4. The van der Waals surface area contributed by atoms with Crippen LogP contribution in [0.25, 0.3) is 22.3 Å². The summed E-state index contributed by atoms with van der Waals surface area (Å²) >= 11 is 3.21. The average Bonchev–Trinajstić information content (AvgIpc) is 3.81. The van der Waals surface area contributed by atoms with Crippen LogP contribution in [0.3, 0.4) is 0 Å².